The molecule has 0 saturated carbocycles. The second-order valence-electron chi connectivity index (χ2n) is 7.78. The van der Waals surface area contributed by atoms with Crippen molar-refractivity contribution >= 4 is 45.1 Å². The fourth-order valence-electron chi connectivity index (χ4n) is 3.53. The van der Waals surface area contributed by atoms with E-state index in [1.165, 1.54) is 0 Å². The number of halogens is 1. The van der Waals surface area contributed by atoms with Crippen molar-refractivity contribution < 1.29 is 23.7 Å². The summed E-state index contributed by atoms with van der Waals surface area (Å²) < 4.78 is 22.6. The molecule has 1 aromatic heterocycles. The van der Waals surface area contributed by atoms with Crippen LogP contribution in [0.25, 0.3) is 10.9 Å². The molecule has 0 spiro atoms. The summed E-state index contributed by atoms with van der Waals surface area (Å²) in [6.07, 6.45) is 2.44. The molecular weight excluding hydrogens is 525 g/mol. The number of carbonyl (C=O) groups is 1. The van der Waals surface area contributed by atoms with Crippen LogP contribution in [0.4, 0.5) is 5.69 Å². The first-order chi connectivity index (χ1) is 15.4. The zero-order valence-electron chi connectivity index (χ0n) is 18.3. The van der Waals surface area contributed by atoms with E-state index in [-0.39, 0.29) is 12.7 Å². The summed E-state index contributed by atoms with van der Waals surface area (Å²) in [4.78, 5) is 15.6. The molecule has 0 unspecified atom stereocenters. The second kappa shape index (κ2) is 9.35. The van der Waals surface area contributed by atoms with Crippen molar-refractivity contribution in [2.75, 3.05) is 32.5 Å². The largest absolute Gasteiger partial charge is 0.493 e. The number of anilines is 1. The molecule has 0 radical (unpaired) electrons. The number of hydrogen-bond donors (Lipinski definition) is 0. The number of rotatable bonds is 7. The molecule has 1 aliphatic rings. The van der Waals surface area contributed by atoms with E-state index in [4.69, 9.17) is 18.9 Å². The number of hydrogen-bond acceptors (Lipinski definition) is 7. The van der Waals surface area contributed by atoms with Crippen LogP contribution in [0.1, 0.15) is 30.6 Å². The Kier molecular flexibility index (Phi) is 6.54. The molecule has 0 bridgehead atoms. The van der Waals surface area contributed by atoms with Crippen molar-refractivity contribution in [1.82, 2.24) is 10.2 Å². The molecule has 2 aromatic carbocycles. The number of benzene rings is 2. The maximum absolute atomic E-state index is 13.8. The van der Waals surface area contributed by atoms with E-state index in [1.54, 1.807) is 43.5 Å². The molecule has 1 amide bonds. The molecule has 1 aliphatic heterocycles. The standard InChI is InChI=1S/C23H24IN3O5/c1-13(2)5-6-27(23(28)14-7-19(29-3)20(30-4)9-16(14)24)18-11-25-26-17-10-22-21(8-15(17)18)31-12-32-22/h7-11,13H,5-6,12H2,1-4H3. The molecule has 32 heavy (non-hydrogen) atoms. The van der Waals surface area contributed by atoms with Crippen molar-refractivity contribution in [1.29, 1.82) is 0 Å². The first-order valence-corrected chi connectivity index (χ1v) is 11.3. The smallest absolute Gasteiger partial charge is 0.259 e. The normalized spacial score (nSPS) is 12.3. The Morgan fingerprint density at radius 1 is 1.12 bits per heavy atom. The molecule has 0 N–H and O–H groups in total. The summed E-state index contributed by atoms with van der Waals surface area (Å²) in [6.45, 7) is 4.94. The molecule has 168 valence electrons. The van der Waals surface area contributed by atoms with Gasteiger partial charge in [0, 0.05) is 21.6 Å². The van der Waals surface area contributed by atoms with Crippen LogP contribution in [-0.4, -0.2) is 43.7 Å². The molecule has 0 aliphatic carbocycles. The van der Waals surface area contributed by atoms with Crippen molar-refractivity contribution in [3.63, 3.8) is 0 Å². The van der Waals surface area contributed by atoms with Gasteiger partial charge in [-0.25, -0.2) is 0 Å². The highest BCUT2D eigenvalue weighted by Crippen LogP contribution is 2.39. The van der Waals surface area contributed by atoms with Crippen molar-refractivity contribution in [3.8, 4) is 23.0 Å². The molecule has 0 fully saturated rings. The number of carbonyl (C=O) groups excluding carboxylic acids is 1. The maximum atomic E-state index is 13.8. The van der Waals surface area contributed by atoms with Gasteiger partial charge in [-0.1, -0.05) is 13.8 Å². The summed E-state index contributed by atoms with van der Waals surface area (Å²) in [5.74, 6) is 2.59. The zero-order valence-corrected chi connectivity index (χ0v) is 20.5. The number of fused-ring (bicyclic) bond motifs is 2. The van der Waals surface area contributed by atoms with Crippen LogP contribution in [0.5, 0.6) is 23.0 Å². The van der Waals surface area contributed by atoms with Gasteiger partial charge in [-0.3, -0.25) is 4.79 Å². The quantitative estimate of drug-likeness (QED) is 0.396. The molecule has 9 heteroatoms. The monoisotopic (exact) mass is 549 g/mol. The summed E-state index contributed by atoms with van der Waals surface area (Å²) in [5, 5.41) is 9.17. The summed E-state index contributed by atoms with van der Waals surface area (Å²) in [6, 6.07) is 7.17. The Balaban J connectivity index is 1.83. The first kappa shape index (κ1) is 22.4. The zero-order chi connectivity index (χ0) is 22.8. The van der Waals surface area contributed by atoms with Crippen LogP contribution in [0.2, 0.25) is 0 Å². The summed E-state index contributed by atoms with van der Waals surface area (Å²) in [7, 11) is 3.13. The van der Waals surface area contributed by atoms with Gasteiger partial charge in [0.1, 0.15) is 0 Å². The van der Waals surface area contributed by atoms with Gasteiger partial charge in [-0.05, 0) is 53.1 Å². The van der Waals surface area contributed by atoms with E-state index in [1.807, 2.05) is 6.07 Å². The number of methoxy groups -OCH3 is 2. The predicted octanol–water partition coefficient (Wildman–Crippen LogP) is 4.67. The lowest BCUT2D eigenvalue weighted by molar-refractivity contribution is 0.0984. The van der Waals surface area contributed by atoms with Crippen molar-refractivity contribution in [3.05, 3.63) is 39.6 Å². The van der Waals surface area contributed by atoms with E-state index < -0.39 is 0 Å². The molecule has 0 atom stereocenters. The Morgan fingerprint density at radius 2 is 1.81 bits per heavy atom. The number of amides is 1. The fraction of sp³-hybridized carbons (Fsp3) is 0.348. The van der Waals surface area contributed by atoms with Crippen molar-refractivity contribution in [2.45, 2.75) is 20.3 Å². The highest BCUT2D eigenvalue weighted by atomic mass is 127. The number of ether oxygens (including phenoxy) is 4. The summed E-state index contributed by atoms with van der Waals surface area (Å²) >= 11 is 2.15. The summed E-state index contributed by atoms with van der Waals surface area (Å²) in [5.41, 5.74) is 1.83. The average molecular weight is 549 g/mol. The van der Waals surface area contributed by atoms with Gasteiger partial charge in [0.2, 0.25) is 6.79 Å². The van der Waals surface area contributed by atoms with Gasteiger partial charge in [0.25, 0.3) is 5.91 Å². The highest BCUT2D eigenvalue weighted by Gasteiger charge is 2.26. The van der Waals surface area contributed by atoms with Gasteiger partial charge in [0.15, 0.2) is 23.0 Å². The van der Waals surface area contributed by atoms with E-state index in [0.29, 0.717) is 52.2 Å². The van der Waals surface area contributed by atoms with Gasteiger partial charge in [0.05, 0.1) is 37.2 Å². The van der Waals surface area contributed by atoms with Gasteiger partial charge >= 0.3 is 0 Å². The topological polar surface area (TPSA) is 83.0 Å². The SMILES string of the molecule is COc1cc(I)c(C(=O)N(CCC(C)C)c2cnnc3cc4c(cc23)OCO4)cc1OC. The molecular formula is C23H24IN3O5. The third-order valence-electron chi connectivity index (χ3n) is 5.28. The van der Waals surface area contributed by atoms with E-state index in [9.17, 15) is 4.79 Å². The first-order valence-electron chi connectivity index (χ1n) is 10.2. The Morgan fingerprint density at radius 3 is 2.50 bits per heavy atom. The third kappa shape index (κ3) is 4.25. The lowest BCUT2D eigenvalue weighted by Crippen LogP contribution is -2.33. The minimum Gasteiger partial charge on any atom is -0.493 e. The van der Waals surface area contributed by atoms with Crippen molar-refractivity contribution in [2.24, 2.45) is 5.92 Å². The third-order valence-corrected chi connectivity index (χ3v) is 6.17. The highest BCUT2D eigenvalue weighted by molar-refractivity contribution is 14.1. The van der Waals surface area contributed by atoms with Gasteiger partial charge < -0.3 is 23.8 Å². The van der Waals surface area contributed by atoms with E-state index >= 15 is 0 Å². The lowest BCUT2D eigenvalue weighted by atomic mass is 10.1. The van der Waals surface area contributed by atoms with Crippen LogP contribution in [0.15, 0.2) is 30.5 Å². The second-order valence-corrected chi connectivity index (χ2v) is 8.94. The van der Waals surface area contributed by atoms with Crippen LogP contribution < -0.4 is 23.8 Å². The van der Waals surface area contributed by atoms with Crippen LogP contribution in [0.3, 0.4) is 0 Å². The Bertz CT molecular complexity index is 1170. The Hall–Kier alpha value is -2.82. The minimum absolute atomic E-state index is 0.150. The van der Waals surface area contributed by atoms with Crippen LogP contribution in [0, 0.1) is 9.49 Å². The van der Waals surface area contributed by atoms with Gasteiger partial charge in [-0.15, -0.1) is 0 Å². The van der Waals surface area contributed by atoms with E-state index in [0.717, 1.165) is 15.4 Å². The maximum Gasteiger partial charge on any atom is 0.259 e. The number of nitrogens with zero attached hydrogens (tertiary/aromatic N) is 3. The molecule has 3 aromatic rings. The molecule has 8 nitrogen and oxygen atoms in total. The minimum atomic E-state index is -0.150. The predicted molar refractivity (Wildman–Crippen MR) is 129 cm³/mol. The number of aromatic nitrogens is 2. The van der Waals surface area contributed by atoms with Crippen LogP contribution in [-0.2, 0) is 0 Å². The molecule has 4 rings (SSSR count). The van der Waals surface area contributed by atoms with Crippen LogP contribution >= 0.6 is 22.6 Å². The molecule has 2 heterocycles. The van der Waals surface area contributed by atoms with Gasteiger partial charge in [-0.2, -0.15) is 10.2 Å². The Labute approximate surface area is 199 Å². The molecule has 0 saturated heterocycles. The lowest BCUT2D eigenvalue weighted by Gasteiger charge is -2.25. The fourth-order valence-corrected chi connectivity index (χ4v) is 4.20. The average Bonchev–Trinajstić information content (AvgIpc) is 3.24. The van der Waals surface area contributed by atoms with E-state index in [2.05, 4.69) is 46.6 Å².